The molecule has 0 amide bonds. The molecule has 1 aromatic carbocycles. The summed E-state index contributed by atoms with van der Waals surface area (Å²) in [6.45, 7) is 0.750. The van der Waals surface area contributed by atoms with Crippen LogP contribution in [0.4, 0.5) is 5.82 Å². The van der Waals surface area contributed by atoms with Crippen molar-refractivity contribution in [3.63, 3.8) is 0 Å². The Labute approximate surface area is 126 Å². The lowest BCUT2D eigenvalue weighted by molar-refractivity contribution is 1.15. The number of nitrogens with zero attached hydrogens (tertiary/aromatic N) is 1. The van der Waals surface area contributed by atoms with Crippen LogP contribution in [-0.4, -0.2) is 9.97 Å². The maximum atomic E-state index is 5.82. The molecular formula is C15H13N3S2. The largest absolute Gasteiger partial charge is 0.389 e. The van der Waals surface area contributed by atoms with E-state index in [1.807, 2.05) is 36.4 Å². The molecule has 3 nitrogen and oxygen atoms in total. The molecule has 2 heterocycles. The molecular weight excluding hydrogens is 286 g/mol. The van der Waals surface area contributed by atoms with Crippen molar-refractivity contribution in [2.24, 2.45) is 5.73 Å². The van der Waals surface area contributed by atoms with E-state index in [0.717, 1.165) is 28.8 Å². The van der Waals surface area contributed by atoms with Crippen LogP contribution in [-0.2, 0) is 6.54 Å². The lowest BCUT2D eigenvalue weighted by Gasteiger charge is -2.09. The van der Waals surface area contributed by atoms with Gasteiger partial charge in [-0.2, -0.15) is 0 Å². The van der Waals surface area contributed by atoms with Gasteiger partial charge in [0.1, 0.15) is 10.8 Å². The van der Waals surface area contributed by atoms with Gasteiger partial charge in [-0.3, -0.25) is 0 Å². The summed E-state index contributed by atoms with van der Waals surface area (Å²) in [5.41, 5.74) is 7.57. The molecule has 3 rings (SSSR count). The van der Waals surface area contributed by atoms with Crippen molar-refractivity contribution in [1.82, 2.24) is 4.98 Å². The third kappa shape index (κ3) is 2.64. The number of hydrogen-bond acceptors (Lipinski definition) is 4. The van der Waals surface area contributed by atoms with Crippen LogP contribution in [0.2, 0.25) is 0 Å². The lowest BCUT2D eigenvalue weighted by Crippen LogP contribution is -2.11. The average Bonchev–Trinajstić information content (AvgIpc) is 2.97. The molecule has 100 valence electrons. The number of fused-ring (bicyclic) bond motifs is 1. The normalized spacial score (nSPS) is 10.6. The summed E-state index contributed by atoms with van der Waals surface area (Å²) in [5, 5.41) is 6.37. The Hall–Kier alpha value is -1.98. The van der Waals surface area contributed by atoms with Crippen LogP contribution in [0.5, 0.6) is 0 Å². The monoisotopic (exact) mass is 299 g/mol. The highest BCUT2D eigenvalue weighted by Crippen LogP contribution is 2.21. The third-order valence-electron chi connectivity index (χ3n) is 3.01. The predicted molar refractivity (Wildman–Crippen MR) is 89.3 cm³/mol. The van der Waals surface area contributed by atoms with Crippen LogP contribution < -0.4 is 11.1 Å². The minimum atomic E-state index is 0.391. The molecule has 0 saturated carbocycles. The van der Waals surface area contributed by atoms with Gasteiger partial charge in [0, 0.05) is 15.8 Å². The molecule has 0 unspecified atom stereocenters. The van der Waals surface area contributed by atoms with E-state index in [9.17, 15) is 0 Å². The van der Waals surface area contributed by atoms with Crippen molar-refractivity contribution < 1.29 is 0 Å². The van der Waals surface area contributed by atoms with Crippen molar-refractivity contribution >= 4 is 45.3 Å². The number of nitrogens with two attached hydrogens (primary N) is 1. The van der Waals surface area contributed by atoms with Crippen LogP contribution in [0.1, 0.15) is 10.4 Å². The van der Waals surface area contributed by atoms with Crippen molar-refractivity contribution in [1.29, 1.82) is 0 Å². The minimum Gasteiger partial charge on any atom is -0.389 e. The van der Waals surface area contributed by atoms with Gasteiger partial charge in [-0.15, -0.1) is 11.3 Å². The average molecular weight is 299 g/mol. The second-order valence-electron chi connectivity index (χ2n) is 4.37. The number of thiophene rings is 1. The quantitative estimate of drug-likeness (QED) is 0.723. The number of nitrogens with one attached hydrogen (secondary N) is 1. The zero-order valence-corrected chi connectivity index (χ0v) is 12.3. The van der Waals surface area contributed by atoms with Crippen molar-refractivity contribution in [2.75, 3.05) is 5.32 Å². The molecule has 3 aromatic rings. The first-order valence-corrected chi connectivity index (χ1v) is 7.48. The molecule has 0 atom stereocenters. The molecule has 0 bridgehead atoms. The lowest BCUT2D eigenvalue weighted by atomic mass is 10.1. The van der Waals surface area contributed by atoms with E-state index in [1.54, 1.807) is 11.3 Å². The Morgan fingerprint density at radius 2 is 2.10 bits per heavy atom. The molecule has 3 N–H and O–H groups in total. The summed E-state index contributed by atoms with van der Waals surface area (Å²) >= 11 is 6.85. The number of anilines is 1. The first-order chi connectivity index (χ1) is 9.74. The summed E-state index contributed by atoms with van der Waals surface area (Å²) < 4.78 is 0. The number of thiocarbonyl (C=S) groups is 1. The number of rotatable bonds is 4. The summed E-state index contributed by atoms with van der Waals surface area (Å²) in [4.78, 5) is 6.25. The van der Waals surface area contributed by atoms with Crippen molar-refractivity contribution in [3.05, 3.63) is 58.3 Å². The molecule has 0 radical (unpaired) electrons. The van der Waals surface area contributed by atoms with E-state index in [2.05, 4.69) is 21.7 Å². The molecule has 5 heteroatoms. The highest BCUT2D eigenvalue weighted by Gasteiger charge is 2.07. The Morgan fingerprint density at radius 3 is 2.85 bits per heavy atom. The maximum Gasteiger partial charge on any atom is 0.127 e. The van der Waals surface area contributed by atoms with Crippen LogP contribution in [0.25, 0.3) is 10.9 Å². The van der Waals surface area contributed by atoms with Crippen molar-refractivity contribution in [3.8, 4) is 0 Å². The predicted octanol–water partition coefficient (Wildman–Crippen LogP) is 3.54. The number of hydrogen-bond donors (Lipinski definition) is 2. The summed E-state index contributed by atoms with van der Waals surface area (Å²) in [6.07, 6.45) is 0. The smallest absolute Gasteiger partial charge is 0.127 e. The highest BCUT2D eigenvalue weighted by atomic mass is 32.1. The summed E-state index contributed by atoms with van der Waals surface area (Å²) in [6, 6.07) is 13.9. The molecule has 0 aliphatic heterocycles. The van der Waals surface area contributed by atoms with Crippen LogP contribution in [0.3, 0.4) is 0 Å². The van der Waals surface area contributed by atoms with Crippen LogP contribution in [0, 0.1) is 0 Å². The SMILES string of the molecule is NC(=S)c1cc(NCc2cccs2)nc2ccccc12. The van der Waals surface area contributed by atoms with Gasteiger partial charge in [0.15, 0.2) is 0 Å². The van der Waals surface area contributed by atoms with Gasteiger partial charge in [-0.1, -0.05) is 36.5 Å². The first-order valence-electron chi connectivity index (χ1n) is 6.20. The van der Waals surface area contributed by atoms with Gasteiger partial charge >= 0.3 is 0 Å². The second kappa shape index (κ2) is 5.56. The maximum absolute atomic E-state index is 5.82. The molecule has 0 spiro atoms. The zero-order chi connectivity index (χ0) is 13.9. The van der Waals surface area contributed by atoms with Crippen molar-refractivity contribution in [2.45, 2.75) is 6.54 Å². The molecule has 0 aliphatic rings. The summed E-state index contributed by atoms with van der Waals surface area (Å²) in [5.74, 6) is 0.792. The Kier molecular flexibility index (Phi) is 3.62. The number of para-hydroxylation sites is 1. The van der Waals surface area contributed by atoms with E-state index >= 15 is 0 Å². The molecule has 2 aromatic heterocycles. The van der Waals surface area contributed by atoms with E-state index in [0.29, 0.717) is 4.99 Å². The fraction of sp³-hybridized carbons (Fsp3) is 0.0667. The van der Waals surface area contributed by atoms with Gasteiger partial charge in [0.05, 0.1) is 12.1 Å². The first kappa shape index (κ1) is 13.0. The number of pyridine rings is 1. The number of benzene rings is 1. The van der Waals surface area contributed by atoms with Gasteiger partial charge in [0.25, 0.3) is 0 Å². The topological polar surface area (TPSA) is 50.9 Å². The standard InChI is InChI=1S/C15H13N3S2/c16-15(19)12-8-14(17-9-10-4-3-7-20-10)18-13-6-2-1-5-11(12)13/h1-8H,9H2,(H2,16,19)(H,17,18). The minimum absolute atomic E-state index is 0.391. The Morgan fingerprint density at radius 1 is 1.25 bits per heavy atom. The van der Waals surface area contributed by atoms with E-state index in [4.69, 9.17) is 18.0 Å². The van der Waals surface area contributed by atoms with E-state index in [-0.39, 0.29) is 0 Å². The fourth-order valence-electron chi connectivity index (χ4n) is 2.06. The van der Waals surface area contributed by atoms with E-state index < -0.39 is 0 Å². The highest BCUT2D eigenvalue weighted by molar-refractivity contribution is 7.80. The van der Waals surface area contributed by atoms with Gasteiger partial charge in [0.2, 0.25) is 0 Å². The zero-order valence-electron chi connectivity index (χ0n) is 10.7. The van der Waals surface area contributed by atoms with Gasteiger partial charge < -0.3 is 11.1 Å². The third-order valence-corrected chi connectivity index (χ3v) is 4.10. The molecule has 0 saturated heterocycles. The van der Waals surface area contributed by atoms with Gasteiger partial charge in [-0.05, 0) is 23.6 Å². The van der Waals surface area contributed by atoms with Crippen LogP contribution in [0.15, 0.2) is 47.8 Å². The van der Waals surface area contributed by atoms with Gasteiger partial charge in [-0.25, -0.2) is 4.98 Å². The molecule has 0 fully saturated rings. The molecule has 20 heavy (non-hydrogen) atoms. The van der Waals surface area contributed by atoms with Crippen LogP contribution >= 0.6 is 23.6 Å². The Bertz CT molecular complexity index is 751. The molecule has 0 aliphatic carbocycles. The second-order valence-corrected chi connectivity index (χ2v) is 5.84. The van der Waals surface area contributed by atoms with E-state index in [1.165, 1.54) is 4.88 Å². The number of aromatic nitrogens is 1. The summed E-state index contributed by atoms with van der Waals surface area (Å²) in [7, 11) is 0. The Balaban J connectivity index is 1.97. The fourth-order valence-corrected chi connectivity index (χ4v) is 2.87.